The van der Waals surface area contributed by atoms with Crippen molar-refractivity contribution < 1.29 is 34.7 Å². The van der Waals surface area contributed by atoms with Gasteiger partial charge in [0, 0.05) is 0 Å². The maximum atomic E-state index is 13.6. The van der Waals surface area contributed by atoms with Gasteiger partial charge < -0.3 is 5.11 Å². The van der Waals surface area contributed by atoms with Crippen molar-refractivity contribution in [3.05, 3.63) is 108 Å². The van der Waals surface area contributed by atoms with Gasteiger partial charge in [-0.05, 0) is 36.0 Å². The zero-order valence-electron chi connectivity index (χ0n) is 14.2. The predicted octanol–water partition coefficient (Wildman–Crippen LogP) is 0.818. The van der Waals surface area contributed by atoms with Crippen LogP contribution in [-0.4, -0.2) is 5.60 Å². The van der Waals surface area contributed by atoms with Crippen LogP contribution in [0, 0.1) is 0 Å². The standard InChI is InChI=1S/C22H21O.Na/c23-22(16-19-10-4-1-5-11-19,17-20-12-6-2-7-13-20)18-21-14-8-3-9-15-21;/h1-15H,16-18H2;/q-1;+1. The first kappa shape index (κ1) is 19.0. The average Bonchev–Trinajstić information content (AvgIpc) is 2.57. The molecule has 24 heavy (non-hydrogen) atoms. The van der Waals surface area contributed by atoms with Gasteiger partial charge in [-0.2, -0.15) is 0 Å². The third-order valence-electron chi connectivity index (χ3n) is 4.11. The van der Waals surface area contributed by atoms with Gasteiger partial charge in [0.25, 0.3) is 0 Å². The molecule has 2 heteroatoms. The molecule has 0 unspecified atom stereocenters. The minimum atomic E-state index is -1.04. The van der Waals surface area contributed by atoms with Crippen LogP contribution >= 0.6 is 0 Å². The molecule has 0 aromatic heterocycles. The van der Waals surface area contributed by atoms with Crippen LogP contribution in [0.2, 0.25) is 0 Å². The van der Waals surface area contributed by atoms with Gasteiger partial charge in [-0.1, -0.05) is 91.0 Å². The molecule has 3 rings (SSSR count). The van der Waals surface area contributed by atoms with Crippen molar-refractivity contribution in [1.82, 2.24) is 0 Å². The van der Waals surface area contributed by atoms with E-state index in [1.54, 1.807) is 0 Å². The summed E-state index contributed by atoms with van der Waals surface area (Å²) in [4.78, 5) is 0. The molecule has 0 fully saturated rings. The van der Waals surface area contributed by atoms with E-state index in [-0.39, 0.29) is 29.6 Å². The Morgan fingerprint density at radius 2 is 0.750 bits per heavy atom. The summed E-state index contributed by atoms with van der Waals surface area (Å²) in [6.45, 7) is 0. The second-order valence-electron chi connectivity index (χ2n) is 6.17. The van der Waals surface area contributed by atoms with Crippen LogP contribution in [0.1, 0.15) is 16.7 Å². The Bertz CT molecular complexity index is 609. The summed E-state index contributed by atoms with van der Waals surface area (Å²) in [5.41, 5.74) is 2.28. The van der Waals surface area contributed by atoms with Crippen LogP contribution in [0.5, 0.6) is 0 Å². The summed E-state index contributed by atoms with van der Waals surface area (Å²) in [5, 5.41) is 13.6. The monoisotopic (exact) mass is 324 g/mol. The second-order valence-corrected chi connectivity index (χ2v) is 6.17. The first-order chi connectivity index (χ1) is 11.2. The Hall–Kier alpha value is -1.38. The second kappa shape index (κ2) is 9.19. The molecule has 0 N–H and O–H groups in total. The number of hydrogen-bond acceptors (Lipinski definition) is 1. The van der Waals surface area contributed by atoms with Gasteiger partial charge in [-0.3, -0.25) is 0 Å². The normalized spacial score (nSPS) is 10.9. The molecule has 3 aromatic carbocycles. The Morgan fingerprint density at radius 1 is 0.500 bits per heavy atom. The van der Waals surface area contributed by atoms with Crippen LogP contribution in [0.25, 0.3) is 0 Å². The Morgan fingerprint density at radius 3 is 1.00 bits per heavy atom. The van der Waals surface area contributed by atoms with Crippen molar-refractivity contribution in [2.24, 2.45) is 0 Å². The number of benzene rings is 3. The Kier molecular flexibility index (Phi) is 7.26. The third-order valence-corrected chi connectivity index (χ3v) is 4.11. The summed E-state index contributed by atoms with van der Waals surface area (Å²) < 4.78 is 0. The molecule has 3 aromatic rings. The van der Waals surface area contributed by atoms with Crippen LogP contribution in [0.3, 0.4) is 0 Å². The van der Waals surface area contributed by atoms with Crippen molar-refractivity contribution in [2.75, 3.05) is 0 Å². The fourth-order valence-corrected chi connectivity index (χ4v) is 3.09. The molecule has 0 atom stereocenters. The smallest absolute Gasteiger partial charge is 0.849 e. The predicted molar refractivity (Wildman–Crippen MR) is 93.2 cm³/mol. The van der Waals surface area contributed by atoms with Gasteiger partial charge in [0.1, 0.15) is 0 Å². The summed E-state index contributed by atoms with van der Waals surface area (Å²) >= 11 is 0. The fourth-order valence-electron chi connectivity index (χ4n) is 3.09. The molecule has 0 aliphatic rings. The van der Waals surface area contributed by atoms with E-state index in [4.69, 9.17) is 0 Å². The van der Waals surface area contributed by atoms with Gasteiger partial charge in [-0.15, -0.1) is 5.60 Å². The van der Waals surface area contributed by atoms with E-state index >= 15 is 0 Å². The molecule has 1 nitrogen and oxygen atoms in total. The van der Waals surface area contributed by atoms with Gasteiger partial charge in [0.2, 0.25) is 0 Å². The van der Waals surface area contributed by atoms with Gasteiger partial charge in [-0.25, -0.2) is 0 Å². The summed E-state index contributed by atoms with van der Waals surface area (Å²) in [6, 6.07) is 30.2. The minimum absolute atomic E-state index is 0. The van der Waals surface area contributed by atoms with Crippen molar-refractivity contribution in [1.29, 1.82) is 0 Å². The van der Waals surface area contributed by atoms with E-state index in [0.717, 1.165) is 16.7 Å². The van der Waals surface area contributed by atoms with Gasteiger partial charge in [0.05, 0.1) is 0 Å². The van der Waals surface area contributed by atoms with Crippen LogP contribution in [0.15, 0.2) is 91.0 Å². The molecular weight excluding hydrogens is 303 g/mol. The molecule has 0 saturated carbocycles. The Labute approximate surface area is 166 Å². The first-order valence-corrected chi connectivity index (χ1v) is 8.06. The van der Waals surface area contributed by atoms with Crippen LogP contribution in [0.4, 0.5) is 0 Å². The van der Waals surface area contributed by atoms with E-state index in [2.05, 4.69) is 0 Å². The van der Waals surface area contributed by atoms with E-state index in [0.29, 0.717) is 19.3 Å². The van der Waals surface area contributed by atoms with E-state index in [1.165, 1.54) is 0 Å². The Balaban J connectivity index is 0.00000208. The fraction of sp³-hybridized carbons (Fsp3) is 0.182. The summed E-state index contributed by atoms with van der Waals surface area (Å²) in [6.07, 6.45) is 1.62. The van der Waals surface area contributed by atoms with E-state index < -0.39 is 5.60 Å². The topological polar surface area (TPSA) is 23.1 Å². The molecule has 0 bridgehead atoms. The number of rotatable bonds is 6. The quantitative estimate of drug-likeness (QED) is 0.616. The first-order valence-electron chi connectivity index (χ1n) is 8.06. The molecular formula is C22H21NaO. The van der Waals surface area contributed by atoms with Crippen molar-refractivity contribution in [2.45, 2.75) is 24.9 Å². The van der Waals surface area contributed by atoms with Crippen LogP contribution in [-0.2, 0) is 19.3 Å². The van der Waals surface area contributed by atoms with Crippen molar-refractivity contribution >= 4 is 0 Å². The van der Waals surface area contributed by atoms with E-state index in [9.17, 15) is 5.11 Å². The maximum absolute atomic E-state index is 13.6. The zero-order chi connectivity index (χ0) is 16.0. The summed E-state index contributed by atoms with van der Waals surface area (Å²) in [7, 11) is 0. The molecule has 0 radical (unpaired) electrons. The maximum Gasteiger partial charge on any atom is 1.00 e. The van der Waals surface area contributed by atoms with Crippen molar-refractivity contribution in [3.63, 3.8) is 0 Å². The minimum Gasteiger partial charge on any atom is -0.849 e. The van der Waals surface area contributed by atoms with Gasteiger partial charge >= 0.3 is 29.6 Å². The SMILES string of the molecule is [Na+].[O-]C(Cc1ccccc1)(Cc1ccccc1)Cc1ccccc1. The van der Waals surface area contributed by atoms with Gasteiger partial charge in [0.15, 0.2) is 0 Å². The molecule has 0 aliphatic carbocycles. The zero-order valence-corrected chi connectivity index (χ0v) is 16.2. The molecule has 0 amide bonds. The molecule has 0 aliphatic heterocycles. The largest absolute Gasteiger partial charge is 1.00 e. The molecule has 116 valence electrons. The third kappa shape index (κ3) is 5.61. The summed E-state index contributed by atoms with van der Waals surface area (Å²) in [5.74, 6) is 0. The molecule has 0 spiro atoms. The van der Waals surface area contributed by atoms with Crippen LogP contribution < -0.4 is 34.7 Å². The van der Waals surface area contributed by atoms with E-state index in [1.807, 2.05) is 91.0 Å². The number of hydrogen-bond donors (Lipinski definition) is 0. The average molecular weight is 324 g/mol. The van der Waals surface area contributed by atoms with Crippen molar-refractivity contribution in [3.8, 4) is 0 Å². The molecule has 0 heterocycles. The molecule has 0 saturated heterocycles.